The van der Waals surface area contributed by atoms with Gasteiger partial charge in [0.25, 0.3) is 11.5 Å². The van der Waals surface area contributed by atoms with Crippen LogP contribution in [0.25, 0.3) is 0 Å². The summed E-state index contributed by atoms with van der Waals surface area (Å²) in [6, 6.07) is 17.7. The number of nitrogens with one attached hydrogen (secondary N) is 1. The number of esters is 1. The maximum absolute atomic E-state index is 13.3. The van der Waals surface area contributed by atoms with Crippen LogP contribution in [-0.2, 0) is 25.7 Å². The predicted octanol–water partition coefficient (Wildman–Crippen LogP) is 1.88. The Balaban J connectivity index is 1.56. The van der Waals surface area contributed by atoms with Crippen molar-refractivity contribution < 1.29 is 19.1 Å². The first-order valence-corrected chi connectivity index (χ1v) is 12.7. The molecule has 40 heavy (non-hydrogen) atoms. The Bertz CT molecular complexity index is 1540. The molecule has 0 atom stereocenters. The Morgan fingerprint density at radius 1 is 1.02 bits per heavy atom. The number of ether oxygens (including phenoxy) is 1. The zero-order valence-electron chi connectivity index (χ0n) is 22.2. The second kappa shape index (κ2) is 12.2. The lowest BCUT2D eigenvalue weighted by molar-refractivity contribution is -0.141. The van der Waals surface area contributed by atoms with Gasteiger partial charge in [-0.15, -0.1) is 0 Å². The van der Waals surface area contributed by atoms with Gasteiger partial charge in [0.15, 0.2) is 12.3 Å². The maximum atomic E-state index is 13.3. The highest BCUT2D eigenvalue weighted by Crippen LogP contribution is 2.21. The van der Waals surface area contributed by atoms with Gasteiger partial charge in [-0.1, -0.05) is 62.4 Å². The van der Waals surface area contributed by atoms with E-state index in [4.69, 9.17) is 10.5 Å². The van der Waals surface area contributed by atoms with Crippen molar-refractivity contribution in [1.82, 2.24) is 9.55 Å². The van der Waals surface area contributed by atoms with Gasteiger partial charge in [0, 0.05) is 19.4 Å². The lowest BCUT2D eigenvalue weighted by Gasteiger charge is -2.26. The van der Waals surface area contributed by atoms with E-state index in [1.807, 2.05) is 19.9 Å². The largest absolute Gasteiger partial charge is 0.451 e. The van der Waals surface area contributed by atoms with E-state index in [1.165, 1.54) is 4.57 Å². The Labute approximate surface area is 229 Å². The summed E-state index contributed by atoms with van der Waals surface area (Å²) >= 11 is 0. The number of aromatic nitrogens is 2. The fourth-order valence-electron chi connectivity index (χ4n) is 4.20. The second-order valence-electron chi connectivity index (χ2n) is 9.63. The molecule has 0 bridgehead atoms. The topological polar surface area (TPSA) is 160 Å². The Morgan fingerprint density at radius 2 is 1.68 bits per heavy atom. The highest BCUT2D eigenvalue weighted by Gasteiger charge is 2.29. The van der Waals surface area contributed by atoms with E-state index in [0.717, 1.165) is 15.5 Å². The SMILES string of the molecule is CC(C)CN(C(=O)COC(=O)C1=NN(c2ccccc2)C(=O)CC1)c1c(N)n(Cc2ccccc2)c(=O)[nH]c1=O. The molecule has 0 radical (unpaired) electrons. The van der Waals surface area contributed by atoms with E-state index >= 15 is 0 Å². The number of aromatic amines is 1. The molecule has 1 aromatic heterocycles. The van der Waals surface area contributed by atoms with E-state index in [9.17, 15) is 24.0 Å². The highest BCUT2D eigenvalue weighted by molar-refractivity contribution is 6.38. The third-order valence-electron chi connectivity index (χ3n) is 6.11. The predicted molar refractivity (Wildman–Crippen MR) is 150 cm³/mol. The van der Waals surface area contributed by atoms with Gasteiger partial charge in [0.2, 0.25) is 5.91 Å². The number of para-hydroxylation sites is 1. The molecule has 0 unspecified atom stereocenters. The molecule has 3 aromatic rings. The van der Waals surface area contributed by atoms with Crippen LogP contribution in [0.5, 0.6) is 0 Å². The van der Waals surface area contributed by atoms with Crippen molar-refractivity contribution in [2.45, 2.75) is 33.2 Å². The van der Waals surface area contributed by atoms with Gasteiger partial charge >= 0.3 is 11.7 Å². The van der Waals surface area contributed by atoms with Gasteiger partial charge in [0.1, 0.15) is 11.5 Å². The summed E-state index contributed by atoms with van der Waals surface area (Å²) in [4.78, 5) is 67.3. The standard InChI is InChI=1S/C28H30N6O6/c1-18(2)15-32(24-25(29)33(28(39)30-26(24)37)16-19-9-5-3-6-10-19)23(36)17-40-27(38)21-13-14-22(35)34(31-21)20-11-7-4-8-12-20/h3-12,18H,13-17,29H2,1-2H3,(H,30,37,39). The minimum atomic E-state index is -0.859. The molecule has 208 valence electrons. The molecular weight excluding hydrogens is 516 g/mol. The molecule has 4 rings (SSSR count). The molecular formula is C28H30N6O6. The van der Waals surface area contributed by atoms with Gasteiger partial charge < -0.3 is 15.4 Å². The van der Waals surface area contributed by atoms with Crippen molar-refractivity contribution >= 4 is 40.7 Å². The van der Waals surface area contributed by atoms with Crippen molar-refractivity contribution in [3.05, 3.63) is 87.1 Å². The monoisotopic (exact) mass is 546 g/mol. The number of hydrogen-bond donors (Lipinski definition) is 2. The van der Waals surface area contributed by atoms with Crippen LogP contribution in [0.1, 0.15) is 32.3 Å². The number of anilines is 3. The third kappa shape index (κ3) is 6.34. The van der Waals surface area contributed by atoms with Crippen molar-refractivity contribution in [3.8, 4) is 0 Å². The number of nitrogens with two attached hydrogens (primary N) is 1. The van der Waals surface area contributed by atoms with Crippen molar-refractivity contribution in [1.29, 1.82) is 0 Å². The number of nitrogen functional groups attached to an aromatic ring is 1. The van der Waals surface area contributed by atoms with Gasteiger partial charge in [-0.2, -0.15) is 5.10 Å². The van der Waals surface area contributed by atoms with Crippen LogP contribution in [0.2, 0.25) is 0 Å². The van der Waals surface area contributed by atoms with Crippen LogP contribution in [0.15, 0.2) is 75.4 Å². The molecule has 2 amide bonds. The van der Waals surface area contributed by atoms with Crippen LogP contribution >= 0.6 is 0 Å². The lowest BCUT2D eigenvalue weighted by atomic mass is 10.1. The van der Waals surface area contributed by atoms with E-state index in [-0.39, 0.29) is 55.0 Å². The minimum Gasteiger partial charge on any atom is -0.451 e. The van der Waals surface area contributed by atoms with Crippen LogP contribution in [0.3, 0.4) is 0 Å². The number of hydrazone groups is 1. The van der Waals surface area contributed by atoms with Crippen molar-refractivity contribution in [3.63, 3.8) is 0 Å². The Hall–Kier alpha value is -5.00. The molecule has 0 fully saturated rings. The first kappa shape index (κ1) is 28.0. The number of carbonyl (C=O) groups excluding carboxylic acids is 3. The molecule has 12 nitrogen and oxygen atoms in total. The molecule has 1 aliphatic rings. The summed E-state index contributed by atoms with van der Waals surface area (Å²) in [5, 5.41) is 5.27. The number of amides is 2. The number of benzene rings is 2. The van der Waals surface area contributed by atoms with Crippen LogP contribution in [0.4, 0.5) is 17.2 Å². The van der Waals surface area contributed by atoms with Crippen LogP contribution < -0.4 is 26.9 Å². The summed E-state index contributed by atoms with van der Waals surface area (Å²) in [5.41, 5.74) is 5.78. The number of H-pyrrole nitrogens is 1. The number of carbonyl (C=O) groups is 3. The fraction of sp³-hybridized carbons (Fsp3) is 0.286. The summed E-state index contributed by atoms with van der Waals surface area (Å²) in [7, 11) is 0. The van der Waals surface area contributed by atoms with Gasteiger partial charge in [0.05, 0.1) is 12.2 Å². The third-order valence-corrected chi connectivity index (χ3v) is 6.11. The summed E-state index contributed by atoms with van der Waals surface area (Å²) in [6.07, 6.45) is 0.104. The zero-order valence-corrected chi connectivity index (χ0v) is 22.2. The normalized spacial score (nSPS) is 13.2. The van der Waals surface area contributed by atoms with E-state index in [2.05, 4.69) is 10.1 Å². The number of nitrogens with zero attached hydrogens (tertiary/aromatic N) is 4. The first-order chi connectivity index (χ1) is 19.2. The van der Waals surface area contributed by atoms with E-state index < -0.39 is 29.7 Å². The van der Waals surface area contributed by atoms with Gasteiger partial charge in [-0.05, 0) is 23.6 Å². The van der Waals surface area contributed by atoms with Gasteiger partial charge in [-0.3, -0.25) is 23.9 Å². The second-order valence-corrected chi connectivity index (χ2v) is 9.63. The molecule has 0 saturated carbocycles. The average molecular weight is 547 g/mol. The fourth-order valence-corrected chi connectivity index (χ4v) is 4.20. The molecule has 2 heterocycles. The molecule has 12 heteroatoms. The van der Waals surface area contributed by atoms with E-state index in [0.29, 0.717) is 5.69 Å². The summed E-state index contributed by atoms with van der Waals surface area (Å²) in [6.45, 7) is 3.11. The maximum Gasteiger partial charge on any atom is 0.355 e. The summed E-state index contributed by atoms with van der Waals surface area (Å²) in [5.74, 6) is -2.13. The lowest BCUT2D eigenvalue weighted by Crippen LogP contribution is -2.44. The smallest absolute Gasteiger partial charge is 0.355 e. The summed E-state index contributed by atoms with van der Waals surface area (Å²) < 4.78 is 6.43. The molecule has 1 aliphatic heterocycles. The van der Waals surface area contributed by atoms with Crippen molar-refractivity contribution in [2.24, 2.45) is 11.0 Å². The quantitative estimate of drug-likeness (QED) is 0.388. The number of rotatable bonds is 9. The van der Waals surface area contributed by atoms with E-state index in [1.54, 1.807) is 54.6 Å². The minimum absolute atomic E-state index is 0.0135. The Morgan fingerprint density at radius 3 is 2.33 bits per heavy atom. The molecule has 0 spiro atoms. The van der Waals surface area contributed by atoms with Gasteiger partial charge in [-0.25, -0.2) is 14.6 Å². The van der Waals surface area contributed by atoms with Crippen LogP contribution in [0, 0.1) is 5.92 Å². The molecule has 2 aromatic carbocycles. The zero-order chi connectivity index (χ0) is 28.8. The number of hydrogen-bond acceptors (Lipinski definition) is 8. The molecule has 3 N–H and O–H groups in total. The van der Waals surface area contributed by atoms with Crippen molar-refractivity contribution in [2.75, 3.05) is 28.8 Å². The highest BCUT2D eigenvalue weighted by atomic mass is 16.5. The molecule has 0 aliphatic carbocycles. The average Bonchev–Trinajstić information content (AvgIpc) is 2.94. The molecule has 0 saturated heterocycles. The first-order valence-electron chi connectivity index (χ1n) is 12.7. The Kier molecular flexibility index (Phi) is 8.57. The van der Waals surface area contributed by atoms with Crippen LogP contribution in [-0.4, -0.2) is 46.2 Å².